The van der Waals surface area contributed by atoms with Crippen LogP contribution in [0.4, 0.5) is 22.0 Å². The summed E-state index contributed by atoms with van der Waals surface area (Å²) < 4.78 is 74.1. The van der Waals surface area contributed by atoms with E-state index in [1.165, 1.54) is 36.4 Å². The van der Waals surface area contributed by atoms with Gasteiger partial charge in [-0.25, -0.2) is 0 Å². The molecule has 31 heavy (non-hydrogen) atoms. The monoisotopic (exact) mass is 436 g/mol. The zero-order valence-corrected chi connectivity index (χ0v) is 16.8. The van der Waals surface area contributed by atoms with Gasteiger partial charge >= 0.3 is 12.5 Å². The summed E-state index contributed by atoms with van der Waals surface area (Å²) in [5, 5.41) is 0. The number of alkyl halides is 5. The van der Waals surface area contributed by atoms with Gasteiger partial charge in [0, 0.05) is 0 Å². The molecule has 0 amide bonds. The summed E-state index contributed by atoms with van der Waals surface area (Å²) in [6.45, 7) is 1.95. The summed E-state index contributed by atoms with van der Waals surface area (Å²) in [6, 6.07) is 18.0. The van der Waals surface area contributed by atoms with Crippen molar-refractivity contribution in [2.45, 2.75) is 38.7 Å². The Labute approximate surface area is 177 Å². The molecule has 0 radical (unpaired) electrons. The molecule has 0 heterocycles. The topological polar surface area (TPSA) is 18.5 Å². The smallest absolute Gasteiger partial charge is 0.429 e. The second-order valence-corrected chi connectivity index (χ2v) is 7.01. The number of hydrogen-bond acceptors (Lipinski definition) is 2. The molecule has 2 nitrogen and oxygen atoms in total. The zero-order valence-electron chi connectivity index (χ0n) is 16.8. The van der Waals surface area contributed by atoms with Crippen molar-refractivity contribution in [1.82, 2.24) is 0 Å². The van der Waals surface area contributed by atoms with Crippen LogP contribution in [0, 0.1) is 0 Å². The van der Waals surface area contributed by atoms with Gasteiger partial charge in [0.25, 0.3) is 0 Å². The molecule has 0 atom stereocenters. The number of benzene rings is 3. The molecule has 0 aromatic heterocycles. The first kappa shape index (κ1) is 22.6. The Kier molecular flexibility index (Phi) is 6.83. The number of hydrogen-bond donors (Lipinski definition) is 0. The van der Waals surface area contributed by atoms with Crippen LogP contribution < -0.4 is 9.47 Å². The van der Waals surface area contributed by atoms with Crippen molar-refractivity contribution < 1.29 is 31.4 Å². The van der Waals surface area contributed by atoms with Gasteiger partial charge in [0.15, 0.2) is 0 Å². The predicted molar refractivity (Wildman–Crippen MR) is 107 cm³/mol. The number of ether oxygens (including phenoxy) is 2. The van der Waals surface area contributed by atoms with E-state index in [9.17, 15) is 22.0 Å². The highest BCUT2D eigenvalue weighted by Crippen LogP contribution is 2.32. The molecule has 0 unspecified atom stereocenters. The van der Waals surface area contributed by atoms with Crippen LogP contribution in [0.2, 0.25) is 0 Å². The van der Waals surface area contributed by atoms with Crippen molar-refractivity contribution >= 4 is 0 Å². The van der Waals surface area contributed by atoms with Crippen LogP contribution >= 0.6 is 0 Å². The summed E-state index contributed by atoms with van der Waals surface area (Å²) in [5.41, 5.74) is 2.47. The largest absolute Gasteiger partial charge is 0.573 e. The van der Waals surface area contributed by atoms with Gasteiger partial charge in [-0.3, -0.25) is 0 Å². The van der Waals surface area contributed by atoms with Crippen molar-refractivity contribution in [3.63, 3.8) is 0 Å². The van der Waals surface area contributed by atoms with Crippen molar-refractivity contribution in [2.24, 2.45) is 0 Å². The average Bonchev–Trinajstić information content (AvgIpc) is 2.73. The summed E-state index contributed by atoms with van der Waals surface area (Å²) in [4.78, 5) is 0. The van der Waals surface area contributed by atoms with Crippen LogP contribution in [0.3, 0.4) is 0 Å². The number of halogens is 5. The van der Waals surface area contributed by atoms with E-state index in [4.69, 9.17) is 4.74 Å². The van der Waals surface area contributed by atoms with E-state index in [1.807, 2.05) is 6.92 Å². The van der Waals surface area contributed by atoms with Gasteiger partial charge in [-0.15, -0.1) is 13.2 Å². The average molecular weight is 436 g/mol. The van der Waals surface area contributed by atoms with E-state index < -0.39 is 12.5 Å². The second kappa shape index (κ2) is 9.37. The van der Waals surface area contributed by atoms with Gasteiger partial charge in [0.2, 0.25) is 0 Å². The fourth-order valence-electron chi connectivity index (χ4n) is 3.01. The first-order valence-electron chi connectivity index (χ1n) is 9.74. The van der Waals surface area contributed by atoms with Crippen molar-refractivity contribution in [3.8, 4) is 11.5 Å². The maximum atomic E-state index is 14.4. The number of rotatable bonds is 8. The molecule has 0 bridgehead atoms. The van der Waals surface area contributed by atoms with Crippen molar-refractivity contribution in [3.05, 3.63) is 95.1 Å². The van der Waals surface area contributed by atoms with E-state index in [-0.39, 0.29) is 17.1 Å². The Morgan fingerprint density at radius 1 is 0.581 bits per heavy atom. The lowest BCUT2D eigenvalue weighted by atomic mass is 10.0. The normalized spacial score (nSPS) is 11.9. The second-order valence-electron chi connectivity index (χ2n) is 7.01. The molecule has 0 aliphatic heterocycles. The summed E-state index contributed by atoms with van der Waals surface area (Å²) >= 11 is 0. The highest BCUT2D eigenvalue weighted by Gasteiger charge is 2.34. The lowest BCUT2D eigenvalue weighted by molar-refractivity contribution is -0.274. The van der Waals surface area contributed by atoms with E-state index in [1.54, 1.807) is 36.4 Å². The third-order valence-corrected chi connectivity index (χ3v) is 4.73. The lowest BCUT2D eigenvalue weighted by Gasteiger charge is -2.18. The molecular weight excluding hydrogens is 415 g/mol. The van der Waals surface area contributed by atoms with E-state index in [2.05, 4.69) is 4.74 Å². The number of aryl methyl sites for hydroxylation is 3. The molecule has 0 fully saturated rings. The molecule has 0 saturated heterocycles. The van der Waals surface area contributed by atoms with Crippen molar-refractivity contribution in [2.75, 3.05) is 0 Å². The van der Waals surface area contributed by atoms with Crippen LogP contribution in [-0.2, 0) is 25.4 Å². The Bertz CT molecular complexity index is 963. The van der Waals surface area contributed by atoms with E-state index >= 15 is 0 Å². The van der Waals surface area contributed by atoms with Gasteiger partial charge in [0.1, 0.15) is 11.5 Å². The Balaban J connectivity index is 1.56. The minimum Gasteiger partial charge on any atom is -0.429 e. The van der Waals surface area contributed by atoms with Gasteiger partial charge in [-0.05, 0) is 72.4 Å². The fourth-order valence-corrected chi connectivity index (χ4v) is 3.01. The molecule has 0 aliphatic rings. The SMILES string of the molecule is CCc1ccc(C(F)(F)Oc2ccc(CCc3ccc(OC(F)(F)F)cc3)cc2)cc1. The van der Waals surface area contributed by atoms with Crippen LogP contribution in [0.15, 0.2) is 72.8 Å². The van der Waals surface area contributed by atoms with Gasteiger partial charge in [-0.1, -0.05) is 43.3 Å². The highest BCUT2D eigenvalue weighted by atomic mass is 19.4. The highest BCUT2D eigenvalue weighted by molar-refractivity contribution is 5.32. The quantitative estimate of drug-likeness (QED) is 0.352. The molecule has 7 heteroatoms. The molecule has 0 N–H and O–H groups in total. The maximum absolute atomic E-state index is 14.4. The Hall–Kier alpha value is -3.09. The third kappa shape index (κ3) is 6.70. The third-order valence-electron chi connectivity index (χ3n) is 4.73. The van der Waals surface area contributed by atoms with Gasteiger partial charge in [-0.2, -0.15) is 8.78 Å². The molecule has 0 saturated carbocycles. The molecule has 3 rings (SSSR count). The molecule has 0 aliphatic carbocycles. The van der Waals surface area contributed by atoms with Gasteiger partial charge in [0.05, 0.1) is 5.56 Å². The fraction of sp³-hybridized carbons (Fsp3) is 0.250. The summed E-state index contributed by atoms with van der Waals surface area (Å²) in [7, 11) is 0. The van der Waals surface area contributed by atoms with E-state index in [0.717, 1.165) is 23.1 Å². The van der Waals surface area contributed by atoms with Crippen LogP contribution in [-0.4, -0.2) is 6.36 Å². The lowest BCUT2D eigenvalue weighted by Crippen LogP contribution is -2.21. The minimum atomic E-state index is -4.72. The molecule has 3 aromatic rings. The standard InChI is InChI=1S/C24H21F5O2/c1-2-17-5-11-20(12-6-17)23(25,26)30-21-13-7-18(8-14-21)3-4-19-9-15-22(16-10-19)31-24(27,28)29/h5-16H,2-4H2,1H3. The molecular formula is C24H21F5O2. The molecule has 0 spiro atoms. The first-order valence-corrected chi connectivity index (χ1v) is 9.74. The zero-order chi connectivity index (χ0) is 22.5. The molecule has 3 aromatic carbocycles. The van der Waals surface area contributed by atoms with Crippen LogP contribution in [0.25, 0.3) is 0 Å². The first-order chi connectivity index (χ1) is 14.6. The predicted octanol–water partition coefficient (Wildman–Crippen LogP) is 7.06. The van der Waals surface area contributed by atoms with Gasteiger partial charge < -0.3 is 9.47 Å². The summed E-state index contributed by atoms with van der Waals surface area (Å²) in [6.07, 6.45) is -6.24. The molecule has 164 valence electrons. The van der Waals surface area contributed by atoms with Crippen LogP contribution in [0.5, 0.6) is 11.5 Å². The minimum absolute atomic E-state index is 0.0435. The van der Waals surface area contributed by atoms with Crippen molar-refractivity contribution in [1.29, 1.82) is 0 Å². The Morgan fingerprint density at radius 3 is 1.42 bits per heavy atom. The van der Waals surface area contributed by atoms with Crippen LogP contribution in [0.1, 0.15) is 29.2 Å². The summed E-state index contributed by atoms with van der Waals surface area (Å²) in [5.74, 6) is -0.231. The maximum Gasteiger partial charge on any atom is 0.573 e. The van der Waals surface area contributed by atoms with E-state index in [0.29, 0.717) is 12.8 Å². The Morgan fingerprint density at radius 2 is 1.00 bits per heavy atom.